The average Bonchev–Trinajstić information content (AvgIpc) is 2.82. The van der Waals surface area contributed by atoms with Gasteiger partial charge in [-0.2, -0.15) is 0 Å². The van der Waals surface area contributed by atoms with Crippen LogP contribution in [-0.4, -0.2) is 23.1 Å². The van der Waals surface area contributed by atoms with Crippen LogP contribution in [0.2, 0.25) is 0 Å². The number of hydrogen-bond acceptors (Lipinski definition) is 5. The molecule has 4 nitrogen and oxygen atoms in total. The van der Waals surface area contributed by atoms with Gasteiger partial charge in [-0.3, -0.25) is 0 Å². The van der Waals surface area contributed by atoms with Crippen molar-refractivity contribution < 1.29 is 4.74 Å². The Morgan fingerprint density at radius 2 is 2.10 bits per heavy atom. The Labute approximate surface area is 124 Å². The molecule has 2 aromatic rings. The lowest BCUT2D eigenvalue weighted by Crippen LogP contribution is -2.10. The third-order valence-electron chi connectivity index (χ3n) is 2.94. The van der Waals surface area contributed by atoms with Gasteiger partial charge in [-0.15, -0.1) is 11.3 Å². The fourth-order valence-corrected chi connectivity index (χ4v) is 2.59. The fourth-order valence-electron chi connectivity index (χ4n) is 1.81. The molecule has 0 unspecified atom stereocenters. The normalized spacial score (nSPS) is 12.0. The zero-order valence-electron chi connectivity index (χ0n) is 12.7. The standard InChI is InChI=1S/C15H23N3OS/c1-5-16-13-11-6-9-20-14(11)18-12(17-13)10-19-8-7-15(2,3)4/h6,9H,5,7-8,10H2,1-4H3,(H,16,17,18). The monoisotopic (exact) mass is 293 g/mol. The number of nitrogens with one attached hydrogen (secondary N) is 1. The smallest absolute Gasteiger partial charge is 0.158 e. The van der Waals surface area contributed by atoms with Crippen molar-refractivity contribution in [2.24, 2.45) is 5.41 Å². The van der Waals surface area contributed by atoms with Crippen LogP contribution in [0.3, 0.4) is 0 Å². The van der Waals surface area contributed by atoms with E-state index in [1.807, 2.05) is 5.38 Å². The first-order valence-electron chi connectivity index (χ1n) is 7.05. The SMILES string of the molecule is CCNc1nc(COCCC(C)(C)C)nc2sccc12. The van der Waals surface area contributed by atoms with E-state index in [0.29, 0.717) is 12.0 Å². The highest BCUT2D eigenvalue weighted by atomic mass is 32.1. The van der Waals surface area contributed by atoms with Crippen molar-refractivity contribution in [1.29, 1.82) is 0 Å². The molecule has 0 saturated heterocycles. The van der Waals surface area contributed by atoms with Gasteiger partial charge in [0.15, 0.2) is 5.82 Å². The van der Waals surface area contributed by atoms with Gasteiger partial charge in [0.2, 0.25) is 0 Å². The first-order valence-corrected chi connectivity index (χ1v) is 7.93. The van der Waals surface area contributed by atoms with E-state index in [1.165, 1.54) is 0 Å². The number of ether oxygens (including phenoxy) is 1. The molecule has 0 saturated carbocycles. The summed E-state index contributed by atoms with van der Waals surface area (Å²) in [4.78, 5) is 10.1. The number of nitrogens with zero attached hydrogens (tertiary/aromatic N) is 2. The third-order valence-corrected chi connectivity index (χ3v) is 3.75. The van der Waals surface area contributed by atoms with E-state index in [1.54, 1.807) is 11.3 Å². The van der Waals surface area contributed by atoms with Crippen molar-refractivity contribution in [3.05, 3.63) is 17.3 Å². The zero-order valence-corrected chi connectivity index (χ0v) is 13.5. The number of anilines is 1. The summed E-state index contributed by atoms with van der Waals surface area (Å²) < 4.78 is 5.71. The van der Waals surface area contributed by atoms with Gasteiger partial charge >= 0.3 is 0 Å². The molecule has 0 aliphatic carbocycles. The molecule has 1 N–H and O–H groups in total. The summed E-state index contributed by atoms with van der Waals surface area (Å²) in [5.41, 5.74) is 0.299. The second-order valence-electron chi connectivity index (χ2n) is 6.02. The molecule has 0 amide bonds. The summed E-state index contributed by atoms with van der Waals surface area (Å²) in [6.07, 6.45) is 1.04. The van der Waals surface area contributed by atoms with Crippen LogP contribution in [0.1, 0.15) is 39.9 Å². The molecule has 2 rings (SSSR count). The van der Waals surface area contributed by atoms with E-state index in [0.717, 1.165) is 41.4 Å². The van der Waals surface area contributed by atoms with Crippen molar-refractivity contribution in [3.63, 3.8) is 0 Å². The van der Waals surface area contributed by atoms with E-state index in [4.69, 9.17) is 4.74 Å². The molecule has 5 heteroatoms. The van der Waals surface area contributed by atoms with Crippen molar-refractivity contribution in [2.45, 2.75) is 40.7 Å². The number of rotatable bonds is 6. The summed E-state index contributed by atoms with van der Waals surface area (Å²) in [5, 5.41) is 6.43. The number of fused-ring (bicyclic) bond motifs is 1. The maximum absolute atomic E-state index is 5.71. The molecule has 110 valence electrons. The minimum Gasteiger partial charge on any atom is -0.373 e. The van der Waals surface area contributed by atoms with Gasteiger partial charge < -0.3 is 10.1 Å². The van der Waals surface area contributed by atoms with Gasteiger partial charge in [0.25, 0.3) is 0 Å². The van der Waals surface area contributed by atoms with Crippen LogP contribution in [0, 0.1) is 5.41 Å². The van der Waals surface area contributed by atoms with Crippen molar-refractivity contribution in [2.75, 3.05) is 18.5 Å². The van der Waals surface area contributed by atoms with Gasteiger partial charge in [0.1, 0.15) is 17.3 Å². The Morgan fingerprint density at radius 3 is 2.80 bits per heavy atom. The molecule has 0 atom stereocenters. The van der Waals surface area contributed by atoms with Crippen molar-refractivity contribution >= 4 is 27.4 Å². The minimum absolute atomic E-state index is 0.299. The largest absolute Gasteiger partial charge is 0.373 e. The molecule has 0 aromatic carbocycles. The van der Waals surface area contributed by atoms with Gasteiger partial charge in [0.05, 0.1) is 5.39 Å². The molecule has 2 heterocycles. The zero-order chi connectivity index (χ0) is 14.6. The van der Waals surface area contributed by atoms with Gasteiger partial charge in [-0.1, -0.05) is 20.8 Å². The topological polar surface area (TPSA) is 47.0 Å². The molecule has 0 bridgehead atoms. The Bertz CT molecular complexity index is 560. The van der Waals surface area contributed by atoms with Crippen LogP contribution in [-0.2, 0) is 11.3 Å². The Kier molecular flexibility index (Phi) is 4.94. The lowest BCUT2D eigenvalue weighted by molar-refractivity contribution is 0.0920. The van der Waals surface area contributed by atoms with Crippen LogP contribution in [0.25, 0.3) is 10.2 Å². The maximum Gasteiger partial charge on any atom is 0.158 e. The van der Waals surface area contributed by atoms with Crippen LogP contribution >= 0.6 is 11.3 Å². The summed E-state index contributed by atoms with van der Waals surface area (Å²) in [6.45, 7) is 10.8. The second kappa shape index (κ2) is 6.50. The molecule has 0 radical (unpaired) electrons. The summed E-state index contributed by atoms with van der Waals surface area (Å²) >= 11 is 1.64. The highest BCUT2D eigenvalue weighted by molar-refractivity contribution is 7.16. The first kappa shape index (κ1) is 15.2. The fraction of sp³-hybridized carbons (Fsp3) is 0.600. The first-order chi connectivity index (χ1) is 9.49. The predicted molar refractivity (Wildman–Crippen MR) is 85.3 cm³/mol. The number of aromatic nitrogens is 2. The molecular weight excluding hydrogens is 270 g/mol. The molecule has 20 heavy (non-hydrogen) atoms. The van der Waals surface area contributed by atoms with Crippen molar-refractivity contribution in [1.82, 2.24) is 9.97 Å². The van der Waals surface area contributed by atoms with Gasteiger partial charge in [-0.05, 0) is 30.2 Å². The second-order valence-corrected chi connectivity index (χ2v) is 6.92. The van der Waals surface area contributed by atoms with Crippen molar-refractivity contribution in [3.8, 4) is 0 Å². The number of thiophene rings is 1. The minimum atomic E-state index is 0.299. The Morgan fingerprint density at radius 1 is 1.30 bits per heavy atom. The van der Waals surface area contributed by atoms with Crippen LogP contribution in [0.5, 0.6) is 0 Å². The summed E-state index contributed by atoms with van der Waals surface area (Å²) in [6, 6.07) is 2.06. The van der Waals surface area contributed by atoms with E-state index >= 15 is 0 Å². The van der Waals surface area contributed by atoms with E-state index in [-0.39, 0.29) is 0 Å². The molecule has 2 aromatic heterocycles. The lowest BCUT2D eigenvalue weighted by Gasteiger charge is -2.17. The molecule has 0 aliphatic rings. The van der Waals surface area contributed by atoms with Crippen LogP contribution in [0.4, 0.5) is 5.82 Å². The molecule has 0 fully saturated rings. The summed E-state index contributed by atoms with van der Waals surface area (Å²) in [7, 11) is 0. The van der Waals surface area contributed by atoms with E-state index in [2.05, 4.69) is 49.0 Å². The quantitative estimate of drug-likeness (QED) is 0.815. The van der Waals surface area contributed by atoms with E-state index in [9.17, 15) is 0 Å². The van der Waals surface area contributed by atoms with Crippen LogP contribution < -0.4 is 5.32 Å². The molecular formula is C15H23N3OS. The summed E-state index contributed by atoms with van der Waals surface area (Å²) in [5.74, 6) is 1.66. The third kappa shape index (κ3) is 4.15. The average molecular weight is 293 g/mol. The Hall–Kier alpha value is -1.20. The molecule has 0 spiro atoms. The van der Waals surface area contributed by atoms with Gasteiger partial charge in [0, 0.05) is 13.2 Å². The van der Waals surface area contributed by atoms with Gasteiger partial charge in [-0.25, -0.2) is 9.97 Å². The highest BCUT2D eigenvalue weighted by Gasteiger charge is 2.11. The van der Waals surface area contributed by atoms with Crippen LogP contribution in [0.15, 0.2) is 11.4 Å². The number of hydrogen-bond donors (Lipinski definition) is 1. The molecule has 0 aliphatic heterocycles. The Balaban J connectivity index is 2.02. The maximum atomic E-state index is 5.71. The lowest BCUT2D eigenvalue weighted by atomic mass is 9.93. The van der Waals surface area contributed by atoms with E-state index < -0.39 is 0 Å². The predicted octanol–water partition coefficient (Wildman–Crippen LogP) is 4.08. The highest BCUT2D eigenvalue weighted by Crippen LogP contribution is 2.25.